The molecule has 0 aliphatic carbocycles. The van der Waals surface area contributed by atoms with Crippen LogP contribution in [0.15, 0.2) is 24.3 Å². The molecule has 1 N–H and O–H groups in total. The SMILES string of the molecule is CCOc1ccc(NC(=S)N2CCN(Cc3c(C)nn(C)c3C)CC2)cc1. The molecule has 0 spiro atoms. The molecule has 1 aromatic carbocycles. The average molecular weight is 388 g/mol. The van der Waals surface area contributed by atoms with E-state index in [1.54, 1.807) is 0 Å². The van der Waals surface area contributed by atoms with Crippen molar-refractivity contribution in [1.29, 1.82) is 0 Å². The van der Waals surface area contributed by atoms with Gasteiger partial charge in [0, 0.05) is 56.7 Å². The van der Waals surface area contributed by atoms with E-state index in [0.717, 1.165) is 55.0 Å². The molecule has 0 bridgehead atoms. The largest absolute Gasteiger partial charge is 0.494 e. The van der Waals surface area contributed by atoms with Crippen LogP contribution in [0.4, 0.5) is 5.69 Å². The number of aromatic nitrogens is 2. The maximum absolute atomic E-state index is 5.60. The van der Waals surface area contributed by atoms with Crippen molar-refractivity contribution in [2.45, 2.75) is 27.3 Å². The minimum Gasteiger partial charge on any atom is -0.494 e. The van der Waals surface area contributed by atoms with Crippen LogP contribution in [-0.2, 0) is 13.6 Å². The van der Waals surface area contributed by atoms with Crippen LogP contribution in [0.3, 0.4) is 0 Å². The predicted octanol–water partition coefficient (Wildman–Crippen LogP) is 2.95. The second-order valence-electron chi connectivity index (χ2n) is 6.92. The summed E-state index contributed by atoms with van der Waals surface area (Å²) in [5.74, 6) is 0.878. The van der Waals surface area contributed by atoms with Gasteiger partial charge < -0.3 is 15.0 Å². The molecular weight excluding hydrogens is 358 g/mol. The Bertz CT molecular complexity index is 778. The topological polar surface area (TPSA) is 45.6 Å². The van der Waals surface area contributed by atoms with Crippen molar-refractivity contribution in [2.75, 3.05) is 38.1 Å². The highest BCUT2D eigenvalue weighted by atomic mass is 32.1. The molecule has 1 fully saturated rings. The van der Waals surface area contributed by atoms with E-state index in [1.165, 1.54) is 11.3 Å². The average Bonchev–Trinajstić information content (AvgIpc) is 2.90. The van der Waals surface area contributed by atoms with Gasteiger partial charge in [0.05, 0.1) is 12.3 Å². The van der Waals surface area contributed by atoms with E-state index in [0.29, 0.717) is 6.61 Å². The zero-order valence-electron chi connectivity index (χ0n) is 16.7. The second-order valence-corrected chi connectivity index (χ2v) is 7.31. The molecular formula is C20H29N5OS. The van der Waals surface area contributed by atoms with Gasteiger partial charge in [-0.25, -0.2) is 0 Å². The highest BCUT2D eigenvalue weighted by Gasteiger charge is 2.21. The third-order valence-electron chi connectivity index (χ3n) is 5.12. The fourth-order valence-corrected chi connectivity index (χ4v) is 3.68. The van der Waals surface area contributed by atoms with E-state index in [2.05, 4.69) is 34.1 Å². The van der Waals surface area contributed by atoms with Crippen LogP contribution < -0.4 is 10.1 Å². The molecule has 6 nitrogen and oxygen atoms in total. The van der Waals surface area contributed by atoms with Crippen molar-refractivity contribution in [3.63, 3.8) is 0 Å². The molecule has 1 saturated heterocycles. The number of ether oxygens (including phenoxy) is 1. The van der Waals surface area contributed by atoms with Gasteiger partial charge in [0.1, 0.15) is 5.75 Å². The Morgan fingerprint density at radius 1 is 1.15 bits per heavy atom. The maximum Gasteiger partial charge on any atom is 0.173 e. The number of thiocarbonyl (C=S) groups is 1. The third kappa shape index (κ3) is 4.78. The number of anilines is 1. The van der Waals surface area contributed by atoms with Crippen LogP contribution in [0.2, 0.25) is 0 Å². The summed E-state index contributed by atoms with van der Waals surface area (Å²) < 4.78 is 7.45. The Hall–Kier alpha value is -2.12. The lowest BCUT2D eigenvalue weighted by Gasteiger charge is -2.36. The van der Waals surface area contributed by atoms with Crippen molar-refractivity contribution >= 4 is 23.0 Å². The van der Waals surface area contributed by atoms with Crippen molar-refractivity contribution in [3.8, 4) is 5.75 Å². The van der Waals surface area contributed by atoms with E-state index in [-0.39, 0.29) is 0 Å². The number of benzene rings is 1. The van der Waals surface area contributed by atoms with Gasteiger partial charge in [0.2, 0.25) is 0 Å². The van der Waals surface area contributed by atoms with Crippen LogP contribution in [0.25, 0.3) is 0 Å². The normalized spacial score (nSPS) is 15.0. The minimum absolute atomic E-state index is 0.674. The monoisotopic (exact) mass is 387 g/mol. The summed E-state index contributed by atoms with van der Waals surface area (Å²) in [7, 11) is 2.01. The van der Waals surface area contributed by atoms with Gasteiger partial charge in [-0.2, -0.15) is 5.10 Å². The first-order valence-electron chi connectivity index (χ1n) is 9.48. The number of hydrogen-bond acceptors (Lipinski definition) is 4. The smallest absolute Gasteiger partial charge is 0.173 e. The second kappa shape index (κ2) is 8.71. The quantitative estimate of drug-likeness (QED) is 0.796. The van der Waals surface area contributed by atoms with Crippen LogP contribution in [0, 0.1) is 13.8 Å². The highest BCUT2D eigenvalue weighted by molar-refractivity contribution is 7.80. The Kier molecular flexibility index (Phi) is 6.34. The molecule has 1 aliphatic heterocycles. The number of aryl methyl sites for hydroxylation is 2. The van der Waals surface area contributed by atoms with Gasteiger partial charge in [-0.05, 0) is 57.3 Å². The summed E-state index contributed by atoms with van der Waals surface area (Å²) in [4.78, 5) is 4.72. The molecule has 146 valence electrons. The van der Waals surface area contributed by atoms with E-state index < -0.39 is 0 Å². The number of nitrogens with one attached hydrogen (secondary N) is 1. The fourth-order valence-electron chi connectivity index (χ4n) is 3.38. The van der Waals surface area contributed by atoms with Gasteiger partial charge in [-0.1, -0.05) is 0 Å². The van der Waals surface area contributed by atoms with Crippen LogP contribution in [0.5, 0.6) is 5.75 Å². The number of piperazine rings is 1. The standard InChI is InChI=1S/C20H29N5OS/c1-5-26-18-8-6-17(7-9-18)21-20(27)25-12-10-24(11-13-25)14-19-15(2)22-23(4)16(19)3/h6-9H,5,10-14H2,1-4H3,(H,21,27). The van der Waals surface area contributed by atoms with E-state index in [4.69, 9.17) is 17.0 Å². The molecule has 7 heteroatoms. The van der Waals surface area contributed by atoms with Crippen LogP contribution in [-0.4, -0.2) is 57.5 Å². The molecule has 3 rings (SSSR count). The lowest BCUT2D eigenvalue weighted by Crippen LogP contribution is -2.49. The van der Waals surface area contributed by atoms with Gasteiger partial charge in [0.15, 0.2) is 5.11 Å². The molecule has 2 aromatic rings. The van der Waals surface area contributed by atoms with Gasteiger partial charge >= 0.3 is 0 Å². The summed E-state index contributed by atoms with van der Waals surface area (Å²) in [6.45, 7) is 11.7. The van der Waals surface area contributed by atoms with Crippen LogP contribution in [0.1, 0.15) is 23.9 Å². The molecule has 1 aromatic heterocycles. The third-order valence-corrected chi connectivity index (χ3v) is 5.48. The summed E-state index contributed by atoms with van der Waals surface area (Å²) in [5.41, 5.74) is 4.72. The first-order chi connectivity index (χ1) is 13.0. The van der Waals surface area contributed by atoms with E-state index in [9.17, 15) is 0 Å². The van der Waals surface area contributed by atoms with Gasteiger partial charge in [0.25, 0.3) is 0 Å². The lowest BCUT2D eigenvalue weighted by atomic mass is 10.1. The Balaban J connectivity index is 1.50. The van der Waals surface area contributed by atoms with E-state index >= 15 is 0 Å². The van der Waals surface area contributed by atoms with Crippen molar-refractivity contribution < 1.29 is 4.74 Å². The molecule has 0 atom stereocenters. The number of hydrogen-bond donors (Lipinski definition) is 1. The first-order valence-corrected chi connectivity index (χ1v) is 9.89. The Labute approximate surface area is 167 Å². The zero-order chi connectivity index (χ0) is 19.4. The van der Waals surface area contributed by atoms with Crippen LogP contribution >= 0.6 is 12.2 Å². The van der Waals surface area contributed by atoms with Crippen molar-refractivity contribution in [2.24, 2.45) is 7.05 Å². The molecule has 0 unspecified atom stereocenters. The molecule has 1 aliphatic rings. The van der Waals surface area contributed by atoms with E-state index in [1.807, 2.05) is 42.9 Å². The van der Waals surface area contributed by atoms with Gasteiger partial charge in [-0.3, -0.25) is 9.58 Å². The van der Waals surface area contributed by atoms with Gasteiger partial charge in [-0.15, -0.1) is 0 Å². The summed E-state index contributed by atoms with van der Waals surface area (Å²) in [5, 5.41) is 8.65. The highest BCUT2D eigenvalue weighted by Crippen LogP contribution is 2.18. The molecule has 27 heavy (non-hydrogen) atoms. The fraction of sp³-hybridized carbons (Fsp3) is 0.500. The first kappa shape index (κ1) is 19.6. The Morgan fingerprint density at radius 2 is 1.81 bits per heavy atom. The summed E-state index contributed by atoms with van der Waals surface area (Å²) >= 11 is 5.60. The Morgan fingerprint density at radius 3 is 2.37 bits per heavy atom. The summed E-state index contributed by atoms with van der Waals surface area (Å²) in [6.07, 6.45) is 0. The minimum atomic E-state index is 0.674. The van der Waals surface area contributed by atoms with Crippen molar-refractivity contribution in [1.82, 2.24) is 19.6 Å². The van der Waals surface area contributed by atoms with Crippen molar-refractivity contribution in [3.05, 3.63) is 41.2 Å². The molecule has 0 amide bonds. The molecule has 0 radical (unpaired) electrons. The molecule has 2 heterocycles. The number of rotatable bonds is 5. The lowest BCUT2D eigenvalue weighted by molar-refractivity contribution is 0.176. The maximum atomic E-state index is 5.60. The number of nitrogens with zero attached hydrogens (tertiary/aromatic N) is 4. The molecule has 0 saturated carbocycles. The predicted molar refractivity (Wildman–Crippen MR) is 113 cm³/mol. The summed E-state index contributed by atoms with van der Waals surface area (Å²) in [6, 6.07) is 7.93. The zero-order valence-corrected chi connectivity index (χ0v) is 17.5.